The van der Waals surface area contributed by atoms with Gasteiger partial charge in [-0.05, 0) is 26.0 Å². The molecule has 7 heteroatoms. The summed E-state index contributed by atoms with van der Waals surface area (Å²) in [6, 6.07) is 5.04. The summed E-state index contributed by atoms with van der Waals surface area (Å²) in [5.74, 6) is 0.263. The highest BCUT2D eigenvalue weighted by Gasteiger charge is 2.29. The minimum absolute atomic E-state index is 0.0372. The van der Waals surface area contributed by atoms with Crippen molar-refractivity contribution in [1.82, 2.24) is 0 Å². The zero-order valence-corrected chi connectivity index (χ0v) is 12.2. The predicted octanol–water partition coefficient (Wildman–Crippen LogP) is 1.58. The van der Waals surface area contributed by atoms with Gasteiger partial charge in [0.05, 0.1) is 30.3 Å². The molecule has 0 aromatic heterocycles. The molecule has 0 radical (unpaired) electrons. The summed E-state index contributed by atoms with van der Waals surface area (Å²) in [6.45, 7) is 4.94. The molecule has 1 aromatic carbocycles. The first-order valence-electron chi connectivity index (χ1n) is 6.94. The van der Waals surface area contributed by atoms with Crippen molar-refractivity contribution < 1.29 is 19.5 Å². The van der Waals surface area contributed by atoms with E-state index in [1.54, 1.807) is 18.2 Å². The van der Waals surface area contributed by atoms with Gasteiger partial charge in [-0.15, -0.1) is 0 Å². The molecule has 1 unspecified atom stereocenters. The highest BCUT2D eigenvalue weighted by molar-refractivity contribution is 5.70. The largest absolute Gasteiger partial charge is 0.484 e. The second kappa shape index (κ2) is 6.73. The lowest BCUT2D eigenvalue weighted by Crippen LogP contribution is -2.44. The summed E-state index contributed by atoms with van der Waals surface area (Å²) >= 11 is 0. The lowest BCUT2D eigenvalue weighted by molar-refractivity contribution is -0.385. The monoisotopic (exact) mass is 296 g/mol. The summed E-state index contributed by atoms with van der Waals surface area (Å²) in [5, 5.41) is 20.6. The van der Waals surface area contributed by atoms with Crippen LogP contribution < -0.4 is 9.64 Å². The van der Waals surface area contributed by atoms with Crippen LogP contribution in [0.4, 0.5) is 11.4 Å². The van der Waals surface area contributed by atoms with Crippen LogP contribution in [0.25, 0.3) is 0 Å². The van der Waals surface area contributed by atoms with Crippen molar-refractivity contribution >= 4 is 11.4 Å². The van der Waals surface area contributed by atoms with Crippen molar-refractivity contribution in [2.75, 3.05) is 31.2 Å². The molecule has 1 atom stereocenters. The van der Waals surface area contributed by atoms with E-state index in [2.05, 4.69) is 0 Å². The van der Waals surface area contributed by atoms with Crippen molar-refractivity contribution in [3.05, 3.63) is 28.3 Å². The SMILES string of the molecule is CC(C)Oc1cccc(N2CCOC(CO)C2)c1[N+](=O)[O-]. The molecular weight excluding hydrogens is 276 g/mol. The Morgan fingerprint density at radius 3 is 2.95 bits per heavy atom. The average molecular weight is 296 g/mol. The maximum Gasteiger partial charge on any atom is 0.333 e. The Balaban J connectivity index is 2.35. The molecule has 0 amide bonds. The van der Waals surface area contributed by atoms with E-state index in [4.69, 9.17) is 9.47 Å². The van der Waals surface area contributed by atoms with Crippen molar-refractivity contribution in [2.45, 2.75) is 26.1 Å². The number of morpholine rings is 1. The Morgan fingerprint density at radius 2 is 2.33 bits per heavy atom. The summed E-state index contributed by atoms with van der Waals surface area (Å²) in [5.41, 5.74) is 0.463. The van der Waals surface area contributed by atoms with Crippen LogP contribution in [0.15, 0.2) is 18.2 Å². The van der Waals surface area contributed by atoms with Gasteiger partial charge in [0.25, 0.3) is 0 Å². The average Bonchev–Trinajstić information content (AvgIpc) is 2.46. The third kappa shape index (κ3) is 3.62. The second-order valence-electron chi connectivity index (χ2n) is 5.17. The van der Waals surface area contributed by atoms with Crippen LogP contribution in [0, 0.1) is 10.1 Å². The molecule has 1 heterocycles. The lowest BCUT2D eigenvalue weighted by Gasteiger charge is -2.33. The third-order valence-electron chi connectivity index (χ3n) is 3.21. The molecule has 1 aromatic rings. The Bertz CT molecular complexity index is 506. The van der Waals surface area contributed by atoms with Crippen LogP contribution >= 0.6 is 0 Å². The zero-order valence-electron chi connectivity index (χ0n) is 12.2. The molecule has 0 bridgehead atoms. The van der Waals surface area contributed by atoms with Gasteiger partial charge in [0, 0.05) is 13.1 Å². The quantitative estimate of drug-likeness (QED) is 0.656. The molecule has 116 valence electrons. The predicted molar refractivity (Wildman–Crippen MR) is 77.9 cm³/mol. The first-order valence-corrected chi connectivity index (χ1v) is 6.94. The number of hydrogen-bond donors (Lipinski definition) is 1. The van der Waals surface area contributed by atoms with Gasteiger partial charge < -0.3 is 19.5 Å². The molecule has 0 spiro atoms. The molecule has 0 saturated carbocycles. The van der Waals surface area contributed by atoms with E-state index in [1.165, 1.54) is 0 Å². The summed E-state index contributed by atoms with van der Waals surface area (Å²) in [6.07, 6.45) is -0.471. The van der Waals surface area contributed by atoms with Crippen molar-refractivity contribution in [3.8, 4) is 5.75 Å². The van der Waals surface area contributed by atoms with E-state index in [9.17, 15) is 15.2 Å². The molecule has 7 nitrogen and oxygen atoms in total. The van der Waals surface area contributed by atoms with E-state index in [0.717, 1.165) is 0 Å². The van der Waals surface area contributed by atoms with E-state index in [1.807, 2.05) is 18.7 Å². The van der Waals surface area contributed by atoms with Gasteiger partial charge in [-0.1, -0.05) is 6.07 Å². The van der Waals surface area contributed by atoms with Gasteiger partial charge in [0.2, 0.25) is 0 Å². The van der Waals surface area contributed by atoms with E-state index >= 15 is 0 Å². The van der Waals surface area contributed by atoms with Gasteiger partial charge >= 0.3 is 5.69 Å². The summed E-state index contributed by atoms with van der Waals surface area (Å²) in [7, 11) is 0. The Hall–Kier alpha value is -1.86. The highest BCUT2D eigenvalue weighted by atomic mass is 16.6. The number of para-hydroxylation sites is 1. The fraction of sp³-hybridized carbons (Fsp3) is 0.571. The molecule has 1 saturated heterocycles. The van der Waals surface area contributed by atoms with E-state index in [-0.39, 0.29) is 30.3 Å². The fourth-order valence-electron chi connectivity index (χ4n) is 2.35. The highest BCUT2D eigenvalue weighted by Crippen LogP contribution is 2.38. The Labute approximate surface area is 123 Å². The smallest absolute Gasteiger partial charge is 0.333 e. The number of nitrogens with zero attached hydrogens (tertiary/aromatic N) is 2. The second-order valence-corrected chi connectivity index (χ2v) is 5.17. The maximum absolute atomic E-state index is 11.4. The molecule has 1 aliphatic rings. The van der Waals surface area contributed by atoms with E-state index < -0.39 is 4.92 Å². The molecule has 21 heavy (non-hydrogen) atoms. The Morgan fingerprint density at radius 1 is 1.57 bits per heavy atom. The number of rotatable bonds is 5. The van der Waals surface area contributed by atoms with Gasteiger partial charge in [0.15, 0.2) is 5.75 Å². The zero-order chi connectivity index (χ0) is 15.4. The van der Waals surface area contributed by atoms with Crippen LogP contribution in [0.3, 0.4) is 0 Å². The number of benzene rings is 1. The normalized spacial score (nSPS) is 18.9. The molecular formula is C14H20N2O5. The number of anilines is 1. The number of nitro benzene ring substituents is 1. The van der Waals surface area contributed by atoms with Gasteiger partial charge in [-0.3, -0.25) is 10.1 Å². The topological polar surface area (TPSA) is 85.1 Å². The summed E-state index contributed by atoms with van der Waals surface area (Å²) < 4.78 is 10.9. The van der Waals surface area contributed by atoms with Gasteiger partial charge in [-0.2, -0.15) is 0 Å². The lowest BCUT2D eigenvalue weighted by atomic mass is 10.2. The van der Waals surface area contributed by atoms with Crippen LogP contribution in [0.2, 0.25) is 0 Å². The Kier molecular flexibility index (Phi) is 4.98. The molecule has 1 fully saturated rings. The first-order chi connectivity index (χ1) is 10.0. The van der Waals surface area contributed by atoms with Crippen molar-refractivity contribution in [3.63, 3.8) is 0 Å². The van der Waals surface area contributed by atoms with Crippen molar-refractivity contribution in [2.24, 2.45) is 0 Å². The molecule has 2 rings (SSSR count). The minimum Gasteiger partial charge on any atom is -0.484 e. The first kappa shape index (κ1) is 15.5. The van der Waals surface area contributed by atoms with Crippen molar-refractivity contribution in [1.29, 1.82) is 0 Å². The number of hydrogen-bond acceptors (Lipinski definition) is 6. The van der Waals surface area contributed by atoms with E-state index in [0.29, 0.717) is 25.4 Å². The third-order valence-corrected chi connectivity index (χ3v) is 3.21. The van der Waals surface area contributed by atoms with Crippen LogP contribution in [-0.2, 0) is 4.74 Å². The number of ether oxygens (including phenoxy) is 2. The van der Waals surface area contributed by atoms with Crippen LogP contribution in [0.5, 0.6) is 5.75 Å². The maximum atomic E-state index is 11.4. The fourth-order valence-corrected chi connectivity index (χ4v) is 2.35. The number of aliphatic hydroxyl groups is 1. The van der Waals surface area contributed by atoms with Gasteiger partial charge in [-0.25, -0.2) is 0 Å². The molecule has 1 aliphatic heterocycles. The summed E-state index contributed by atoms with van der Waals surface area (Å²) in [4.78, 5) is 12.9. The van der Waals surface area contributed by atoms with Crippen LogP contribution in [-0.4, -0.2) is 48.5 Å². The van der Waals surface area contributed by atoms with Crippen LogP contribution in [0.1, 0.15) is 13.8 Å². The number of aliphatic hydroxyl groups excluding tert-OH is 1. The van der Waals surface area contributed by atoms with Gasteiger partial charge in [0.1, 0.15) is 5.69 Å². The molecule has 0 aliphatic carbocycles. The standard InChI is InChI=1S/C14H20N2O5/c1-10(2)21-13-5-3-4-12(14(13)16(18)19)15-6-7-20-11(8-15)9-17/h3-5,10-11,17H,6-9H2,1-2H3. The molecule has 1 N–H and O–H groups in total. The number of nitro groups is 1. The minimum atomic E-state index is -0.420.